The highest BCUT2D eigenvalue weighted by Gasteiger charge is 2.26. The summed E-state index contributed by atoms with van der Waals surface area (Å²) in [6.07, 6.45) is 8.73. The molecule has 0 bridgehead atoms. The number of benzene rings is 1. The molecule has 7 heteroatoms. The van der Waals surface area contributed by atoms with Crippen LogP contribution < -0.4 is 9.62 Å². The lowest BCUT2D eigenvalue weighted by atomic mass is 9.84. The van der Waals surface area contributed by atoms with Gasteiger partial charge in [0.15, 0.2) is 0 Å². The summed E-state index contributed by atoms with van der Waals surface area (Å²) in [5.41, 5.74) is 6.38. The smallest absolute Gasteiger partial charge is 0.227 e. The van der Waals surface area contributed by atoms with Gasteiger partial charge in [-0.15, -0.1) is 0 Å². The molecule has 0 fully saturated rings. The van der Waals surface area contributed by atoms with E-state index >= 15 is 0 Å². The van der Waals surface area contributed by atoms with Crippen molar-refractivity contribution in [2.24, 2.45) is 0 Å². The van der Waals surface area contributed by atoms with Gasteiger partial charge in [-0.1, -0.05) is 6.07 Å². The van der Waals surface area contributed by atoms with E-state index in [1.165, 1.54) is 6.26 Å². The van der Waals surface area contributed by atoms with E-state index in [1.54, 1.807) is 11.1 Å². The number of hydrogen-bond donors (Lipinski definition) is 1. The summed E-state index contributed by atoms with van der Waals surface area (Å²) in [6.45, 7) is 0. The van der Waals surface area contributed by atoms with Gasteiger partial charge in [-0.05, 0) is 60.1 Å². The quantitative estimate of drug-likeness (QED) is 0.881. The van der Waals surface area contributed by atoms with Crippen molar-refractivity contribution in [1.29, 1.82) is 0 Å². The van der Waals surface area contributed by atoms with E-state index in [4.69, 9.17) is 0 Å². The molecule has 27 heavy (non-hydrogen) atoms. The Balaban J connectivity index is 1.76. The van der Waals surface area contributed by atoms with Crippen LogP contribution in [0.15, 0.2) is 30.6 Å². The third-order valence-electron chi connectivity index (χ3n) is 5.48. The number of nitrogens with one attached hydrogen (secondary N) is 1. The highest BCUT2D eigenvalue weighted by Crippen LogP contribution is 2.38. The van der Waals surface area contributed by atoms with Crippen LogP contribution in [0.3, 0.4) is 0 Å². The van der Waals surface area contributed by atoms with E-state index in [2.05, 4.69) is 15.8 Å². The number of carbonyl (C=O) groups is 1. The summed E-state index contributed by atoms with van der Waals surface area (Å²) < 4.78 is 26.2. The summed E-state index contributed by atoms with van der Waals surface area (Å²) in [7, 11) is -1.47. The monoisotopic (exact) mass is 385 g/mol. The largest absolute Gasteiger partial charge is 0.315 e. The van der Waals surface area contributed by atoms with Crippen LogP contribution in [0, 0.1) is 0 Å². The Morgan fingerprint density at radius 1 is 1.19 bits per heavy atom. The van der Waals surface area contributed by atoms with Gasteiger partial charge in [0.2, 0.25) is 15.9 Å². The molecular formula is C20H23N3O3S. The average molecular weight is 385 g/mol. The molecule has 1 N–H and O–H groups in total. The fourth-order valence-electron chi connectivity index (χ4n) is 4.17. The number of rotatable bonds is 3. The lowest BCUT2D eigenvalue weighted by Gasteiger charge is -2.28. The summed E-state index contributed by atoms with van der Waals surface area (Å²) in [4.78, 5) is 18.0. The molecule has 1 aromatic heterocycles. The molecule has 1 aliphatic heterocycles. The SMILES string of the molecule is CN1C(=O)CCc2cc(-c3cncc4c3CCCC4NS(C)(=O)=O)ccc21. The predicted molar refractivity (Wildman–Crippen MR) is 105 cm³/mol. The molecule has 142 valence electrons. The van der Waals surface area contributed by atoms with Crippen LogP contribution in [-0.4, -0.2) is 32.6 Å². The molecule has 1 amide bonds. The third kappa shape index (κ3) is 3.49. The second kappa shape index (κ2) is 6.73. The van der Waals surface area contributed by atoms with E-state index in [0.717, 1.165) is 59.2 Å². The molecule has 4 rings (SSSR count). The molecule has 1 unspecified atom stereocenters. The van der Waals surface area contributed by atoms with Crippen LogP contribution in [-0.2, 0) is 27.7 Å². The summed E-state index contributed by atoms with van der Waals surface area (Å²) >= 11 is 0. The number of aromatic nitrogens is 1. The van der Waals surface area contributed by atoms with E-state index < -0.39 is 10.0 Å². The molecule has 2 aromatic rings. The summed E-state index contributed by atoms with van der Waals surface area (Å²) in [6, 6.07) is 5.94. The maximum atomic E-state index is 11.9. The number of sulfonamides is 1. The summed E-state index contributed by atoms with van der Waals surface area (Å²) in [5, 5.41) is 0. The number of pyridine rings is 1. The van der Waals surface area contributed by atoms with Crippen molar-refractivity contribution >= 4 is 21.6 Å². The number of aryl methyl sites for hydroxylation is 1. The minimum absolute atomic E-state index is 0.142. The van der Waals surface area contributed by atoms with E-state index in [0.29, 0.717) is 6.42 Å². The zero-order valence-electron chi connectivity index (χ0n) is 15.5. The first kappa shape index (κ1) is 18.1. The fourth-order valence-corrected chi connectivity index (χ4v) is 4.94. The first-order valence-electron chi connectivity index (χ1n) is 9.17. The van der Waals surface area contributed by atoms with Crippen molar-refractivity contribution in [2.45, 2.75) is 38.1 Å². The maximum absolute atomic E-state index is 11.9. The van der Waals surface area contributed by atoms with Crippen LogP contribution in [0.25, 0.3) is 11.1 Å². The first-order chi connectivity index (χ1) is 12.8. The van der Waals surface area contributed by atoms with Crippen LogP contribution in [0.5, 0.6) is 0 Å². The second-order valence-corrected chi connectivity index (χ2v) is 9.17. The Labute approximate surface area is 159 Å². The predicted octanol–water partition coefficient (Wildman–Crippen LogP) is 2.58. The standard InChI is InChI=1S/C20H23N3O3S/c1-23-19-8-6-13(10-14(19)7-9-20(23)24)16-11-21-12-17-15(16)4-3-5-18(17)22-27(2,25)26/h6,8,10-12,18,22H,3-5,7,9H2,1-2H3. The van der Waals surface area contributed by atoms with Crippen molar-refractivity contribution in [3.63, 3.8) is 0 Å². The molecule has 1 aromatic carbocycles. The molecule has 2 heterocycles. The number of hydrogen-bond acceptors (Lipinski definition) is 4. The van der Waals surface area contributed by atoms with Crippen molar-refractivity contribution < 1.29 is 13.2 Å². The van der Waals surface area contributed by atoms with Crippen molar-refractivity contribution in [3.8, 4) is 11.1 Å². The van der Waals surface area contributed by atoms with Gasteiger partial charge >= 0.3 is 0 Å². The zero-order chi connectivity index (χ0) is 19.2. The van der Waals surface area contributed by atoms with Crippen LogP contribution in [0.2, 0.25) is 0 Å². The topological polar surface area (TPSA) is 79.4 Å². The number of nitrogens with zero attached hydrogens (tertiary/aromatic N) is 2. The molecular weight excluding hydrogens is 362 g/mol. The van der Waals surface area contributed by atoms with E-state index in [9.17, 15) is 13.2 Å². The van der Waals surface area contributed by atoms with Gasteiger partial charge in [-0.25, -0.2) is 13.1 Å². The normalized spacial score (nSPS) is 19.6. The molecule has 0 saturated heterocycles. The highest BCUT2D eigenvalue weighted by molar-refractivity contribution is 7.88. The maximum Gasteiger partial charge on any atom is 0.227 e. The van der Waals surface area contributed by atoms with Crippen molar-refractivity contribution in [1.82, 2.24) is 9.71 Å². The first-order valence-corrected chi connectivity index (χ1v) is 11.1. The Kier molecular flexibility index (Phi) is 4.52. The van der Waals surface area contributed by atoms with Gasteiger partial charge in [0.05, 0.1) is 6.26 Å². The van der Waals surface area contributed by atoms with Crippen LogP contribution in [0.1, 0.15) is 42.0 Å². The number of anilines is 1. The van der Waals surface area contributed by atoms with Gasteiger partial charge in [-0.2, -0.15) is 0 Å². The van der Waals surface area contributed by atoms with E-state index in [1.807, 2.05) is 25.4 Å². The van der Waals surface area contributed by atoms with Gasteiger partial charge in [-0.3, -0.25) is 9.78 Å². The molecule has 1 atom stereocenters. The second-order valence-electron chi connectivity index (χ2n) is 7.39. The Morgan fingerprint density at radius 2 is 2.00 bits per heavy atom. The zero-order valence-corrected chi connectivity index (χ0v) is 16.3. The van der Waals surface area contributed by atoms with Gasteiger partial charge < -0.3 is 4.90 Å². The number of fused-ring (bicyclic) bond motifs is 2. The van der Waals surface area contributed by atoms with Crippen LogP contribution in [0.4, 0.5) is 5.69 Å². The minimum atomic E-state index is -3.28. The molecule has 6 nitrogen and oxygen atoms in total. The van der Waals surface area contributed by atoms with Gasteiger partial charge in [0.25, 0.3) is 0 Å². The Hall–Kier alpha value is -2.25. The van der Waals surface area contributed by atoms with Gasteiger partial charge in [0.1, 0.15) is 0 Å². The average Bonchev–Trinajstić information content (AvgIpc) is 2.63. The van der Waals surface area contributed by atoms with Crippen molar-refractivity contribution in [2.75, 3.05) is 18.2 Å². The molecule has 0 saturated carbocycles. The van der Waals surface area contributed by atoms with Crippen LogP contribution >= 0.6 is 0 Å². The summed E-state index contributed by atoms with van der Waals surface area (Å²) in [5.74, 6) is 0.142. The Morgan fingerprint density at radius 3 is 2.78 bits per heavy atom. The molecule has 0 radical (unpaired) electrons. The fraction of sp³-hybridized carbons (Fsp3) is 0.400. The third-order valence-corrected chi connectivity index (χ3v) is 6.19. The number of amides is 1. The van der Waals surface area contributed by atoms with E-state index in [-0.39, 0.29) is 11.9 Å². The molecule has 2 aliphatic rings. The number of carbonyl (C=O) groups excluding carboxylic acids is 1. The lowest BCUT2D eigenvalue weighted by Crippen LogP contribution is -2.31. The lowest BCUT2D eigenvalue weighted by molar-refractivity contribution is -0.118. The highest BCUT2D eigenvalue weighted by atomic mass is 32.2. The van der Waals surface area contributed by atoms with Gasteiger partial charge in [0, 0.05) is 43.2 Å². The molecule has 0 spiro atoms. The Bertz CT molecular complexity index is 1020. The molecule has 1 aliphatic carbocycles. The van der Waals surface area contributed by atoms with Crippen molar-refractivity contribution in [3.05, 3.63) is 47.3 Å². The minimum Gasteiger partial charge on any atom is -0.315 e.